The fraction of sp³-hybridized carbons (Fsp3) is 1.00. The minimum atomic E-state index is -0.974. The standard InChI is InChI=1S/C9H17FO/c10-9(7-11)6-8-4-2-1-3-5-8/h8-9,11H,1-7H2. The van der Waals surface area contributed by atoms with Crippen molar-refractivity contribution in [3.8, 4) is 0 Å². The van der Waals surface area contributed by atoms with E-state index in [4.69, 9.17) is 5.11 Å². The Bertz CT molecular complexity index is 99.7. The van der Waals surface area contributed by atoms with Crippen molar-refractivity contribution in [2.45, 2.75) is 44.7 Å². The lowest BCUT2D eigenvalue weighted by Gasteiger charge is -2.22. The van der Waals surface area contributed by atoms with E-state index in [1.807, 2.05) is 0 Å². The van der Waals surface area contributed by atoms with Gasteiger partial charge in [-0.2, -0.15) is 0 Å². The second-order valence-corrected chi connectivity index (χ2v) is 3.52. The van der Waals surface area contributed by atoms with E-state index in [0.29, 0.717) is 12.3 Å². The van der Waals surface area contributed by atoms with Gasteiger partial charge in [0, 0.05) is 0 Å². The second-order valence-electron chi connectivity index (χ2n) is 3.52. The van der Waals surface area contributed by atoms with Gasteiger partial charge in [-0.25, -0.2) is 4.39 Å². The van der Waals surface area contributed by atoms with Gasteiger partial charge >= 0.3 is 0 Å². The van der Waals surface area contributed by atoms with Crippen LogP contribution >= 0.6 is 0 Å². The lowest BCUT2D eigenvalue weighted by molar-refractivity contribution is 0.142. The summed E-state index contributed by atoms with van der Waals surface area (Å²) < 4.78 is 12.7. The van der Waals surface area contributed by atoms with Gasteiger partial charge in [-0.3, -0.25) is 0 Å². The molecule has 1 aliphatic rings. The Morgan fingerprint density at radius 2 is 1.91 bits per heavy atom. The molecule has 11 heavy (non-hydrogen) atoms. The third-order valence-electron chi connectivity index (χ3n) is 2.51. The number of aliphatic hydroxyl groups is 1. The van der Waals surface area contributed by atoms with E-state index in [2.05, 4.69) is 0 Å². The number of alkyl halides is 1. The molecule has 0 amide bonds. The lowest BCUT2D eigenvalue weighted by Crippen LogP contribution is -2.15. The molecule has 0 aromatic carbocycles. The van der Waals surface area contributed by atoms with E-state index in [0.717, 1.165) is 0 Å². The van der Waals surface area contributed by atoms with Crippen molar-refractivity contribution in [3.05, 3.63) is 0 Å². The highest BCUT2D eigenvalue weighted by Gasteiger charge is 2.17. The minimum absolute atomic E-state index is 0.295. The Morgan fingerprint density at radius 1 is 1.27 bits per heavy atom. The summed E-state index contributed by atoms with van der Waals surface area (Å²) in [5.41, 5.74) is 0. The van der Waals surface area contributed by atoms with E-state index < -0.39 is 6.17 Å². The normalized spacial score (nSPS) is 23.5. The molecular formula is C9H17FO. The number of aliphatic hydroxyl groups excluding tert-OH is 1. The Hall–Kier alpha value is -0.110. The molecule has 1 unspecified atom stereocenters. The summed E-state index contributed by atoms with van der Waals surface area (Å²) in [5.74, 6) is 0.547. The van der Waals surface area contributed by atoms with E-state index >= 15 is 0 Å². The van der Waals surface area contributed by atoms with Crippen LogP contribution in [0.4, 0.5) is 4.39 Å². The summed E-state index contributed by atoms with van der Waals surface area (Å²) in [4.78, 5) is 0. The SMILES string of the molecule is OCC(F)CC1CCCCC1. The van der Waals surface area contributed by atoms with E-state index in [-0.39, 0.29) is 6.61 Å². The number of halogens is 1. The van der Waals surface area contributed by atoms with Crippen LogP contribution in [-0.4, -0.2) is 17.9 Å². The van der Waals surface area contributed by atoms with Crippen molar-refractivity contribution in [2.75, 3.05) is 6.61 Å². The zero-order valence-corrected chi connectivity index (χ0v) is 6.93. The molecule has 66 valence electrons. The molecule has 0 spiro atoms. The molecule has 1 aliphatic carbocycles. The predicted octanol–water partition coefficient (Wildman–Crippen LogP) is 2.29. The van der Waals surface area contributed by atoms with Gasteiger partial charge in [0.05, 0.1) is 6.61 Å². The number of hydrogen-bond acceptors (Lipinski definition) is 1. The molecule has 0 heterocycles. The molecule has 1 rings (SSSR count). The highest BCUT2D eigenvalue weighted by atomic mass is 19.1. The third kappa shape index (κ3) is 3.19. The summed E-state index contributed by atoms with van der Waals surface area (Å²) in [7, 11) is 0. The van der Waals surface area contributed by atoms with Crippen LogP contribution < -0.4 is 0 Å². The van der Waals surface area contributed by atoms with Crippen LogP contribution in [0.2, 0.25) is 0 Å². The Morgan fingerprint density at radius 3 is 2.45 bits per heavy atom. The smallest absolute Gasteiger partial charge is 0.123 e. The molecule has 1 saturated carbocycles. The summed E-state index contributed by atoms with van der Waals surface area (Å²) in [5, 5.41) is 8.49. The van der Waals surface area contributed by atoms with E-state index in [1.54, 1.807) is 0 Å². The topological polar surface area (TPSA) is 20.2 Å². The summed E-state index contributed by atoms with van der Waals surface area (Å²) in [6.07, 6.45) is 5.76. The van der Waals surface area contributed by atoms with Gasteiger partial charge in [-0.05, 0) is 12.3 Å². The molecule has 0 aliphatic heterocycles. The van der Waals surface area contributed by atoms with Gasteiger partial charge in [-0.1, -0.05) is 32.1 Å². The predicted molar refractivity (Wildman–Crippen MR) is 43.2 cm³/mol. The quantitative estimate of drug-likeness (QED) is 0.671. The van der Waals surface area contributed by atoms with Gasteiger partial charge in [0.1, 0.15) is 6.17 Å². The van der Waals surface area contributed by atoms with Crippen LogP contribution in [0.25, 0.3) is 0 Å². The molecule has 0 saturated heterocycles. The van der Waals surface area contributed by atoms with E-state index in [1.165, 1.54) is 32.1 Å². The van der Waals surface area contributed by atoms with Crippen molar-refractivity contribution < 1.29 is 9.50 Å². The molecule has 0 aromatic heterocycles. The fourth-order valence-corrected chi connectivity index (χ4v) is 1.86. The second kappa shape index (κ2) is 4.70. The average molecular weight is 160 g/mol. The van der Waals surface area contributed by atoms with Crippen LogP contribution in [0.1, 0.15) is 38.5 Å². The van der Waals surface area contributed by atoms with Crippen LogP contribution in [0.5, 0.6) is 0 Å². The third-order valence-corrected chi connectivity index (χ3v) is 2.51. The zero-order valence-electron chi connectivity index (χ0n) is 6.93. The lowest BCUT2D eigenvalue weighted by atomic mass is 9.86. The maximum absolute atomic E-state index is 12.7. The Labute approximate surface area is 67.6 Å². The summed E-state index contributed by atoms with van der Waals surface area (Å²) >= 11 is 0. The van der Waals surface area contributed by atoms with Crippen LogP contribution in [0.15, 0.2) is 0 Å². The van der Waals surface area contributed by atoms with Crippen molar-refractivity contribution in [3.63, 3.8) is 0 Å². The zero-order chi connectivity index (χ0) is 8.10. The largest absolute Gasteiger partial charge is 0.393 e. The molecular weight excluding hydrogens is 143 g/mol. The Balaban J connectivity index is 2.13. The van der Waals surface area contributed by atoms with Crippen LogP contribution in [0.3, 0.4) is 0 Å². The molecule has 0 bridgehead atoms. The first-order valence-corrected chi connectivity index (χ1v) is 4.58. The molecule has 0 aromatic rings. The van der Waals surface area contributed by atoms with Crippen LogP contribution in [0, 0.1) is 5.92 Å². The molecule has 1 atom stereocenters. The first kappa shape index (κ1) is 8.98. The number of rotatable bonds is 3. The van der Waals surface area contributed by atoms with Crippen molar-refractivity contribution in [2.24, 2.45) is 5.92 Å². The first-order valence-electron chi connectivity index (χ1n) is 4.58. The summed E-state index contributed by atoms with van der Waals surface area (Å²) in [6.45, 7) is -0.295. The first-order chi connectivity index (χ1) is 5.33. The molecule has 1 fully saturated rings. The van der Waals surface area contributed by atoms with E-state index in [9.17, 15) is 4.39 Å². The molecule has 1 N–H and O–H groups in total. The minimum Gasteiger partial charge on any atom is -0.393 e. The molecule has 0 radical (unpaired) electrons. The molecule has 1 nitrogen and oxygen atoms in total. The maximum atomic E-state index is 12.7. The molecule has 2 heteroatoms. The fourth-order valence-electron chi connectivity index (χ4n) is 1.86. The Kier molecular flexibility index (Phi) is 3.84. The summed E-state index contributed by atoms with van der Waals surface area (Å²) in [6, 6.07) is 0. The number of hydrogen-bond donors (Lipinski definition) is 1. The van der Waals surface area contributed by atoms with Gasteiger partial charge in [0.15, 0.2) is 0 Å². The van der Waals surface area contributed by atoms with Gasteiger partial charge < -0.3 is 5.11 Å². The van der Waals surface area contributed by atoms with Gasteiger partial charge in [-0.15, -0.1) is 0 Å². The van der Waals surface area contributed by atoms with Crippen molar-refractivity contribution in [1.29, 1.82) is 0 Å². The highest BCUT2D eigenvalue weighted by Crippen LogP contribution is 2.27. The average Bonchev–Trinajstić information content (AvgIpc) is 2.06. The maximum Gasteiger partial charge on any atom is 0.123 e. The van der Waals surface area contributed by atoms with Gasteiger partial charge in [0.25, 0.3) is 0 Å². The van der Waals surface area contributed by atoms with Crippen LogP contribution in [-0.2, 0) is 0 Å². The monoisotopic (exact) mass is 160 g/mol. The van der Waals surface area contributed by atoms with Gasteiger partial charge in [0.2, 0.25) is 0 Å². The highest BCUT2D eigenvalue weighted by molar-refractivity contribution is 4.69. The van der Waals surface area contributed by atoms with Crippen molar-refractivity contribution in [1.82, 2.24) is 0 Å². The van der Waals surface area contributed by atoms with Crippen molar-refractivity contribution >= 4 is 0 Å².